The van der Waals surface area contributed by atoms with E-state index >= 15 is 0 Å². The first-order valence-corrected chi connectivity index (χ1v) is 46.9. The number of anilines is 9. The fraction of sp³-hybridized carbons (Fsp3) is 0.0400. The monoisotopic (exact) mass is 1760 g/mol. The second-order valence-corrected chi connectivity index (χ2v) is 36.3. The molecule has 136 heavy (non-hydrogen) atoms. The van der Waals surface area contributed by atoms with Crippen LogP contribution in [0.25, 0.3) is 89.5 Å². The molecule has 0 saturated heterocycles. The number of fused-ring (bicyclic) bond motifs is 18. The summed E-state index contributed by atoms with van der Waals surface area (Å²) in [4.78, 5) is 37.8. The van der Waals surface area contributed by atoms with Gasteiger partial charge >= 0.3 is 0 Å². The Hall–Kier alpha value is -17.3. The van der Waals surface area contributed by atoms with Crippen LogP contribution >= 0.6 is 11.8 Å². The molecule has 0 saturated carbocycles. The van der Waals surface area contributed by atoms with Gasteiger partial charge in [-0.3, -0.25) is 19.9 Å². The topological polar surface area (TPSA) is 96.3 Å². The predicted molar refractivity (Wildman–Crippen MR) is 554 cm³/mol. The van der Waals surface area contributed by atoms with Crippen molar-refractivity contribution in [1.82, 2.24) is 29.9 Å². The van der Waals surface area contributed by atoms with Crippen LogP contribution < -0.4 is 19.4 Å². The minimum atomic E-state index is -0.565. The van der Waals surface area contributed by atoms with E-state index in [1.807, 2.05) is 91.7 Å². The van der Waals surface area contributed by atoms with Gasteiger partial charge in [0.25, 0.3) is 0 Å². The molecule has 10 nitrogen and oxygen atoms in total. The van der Waals surface area contributed by atoms with E-state index in [4.69, 9.17) is 14.7 Å². The van der Waals surface area contributed by atoms with E-state index in [0.29, 0.717) is 0 Å². The van der Waals surface area contributed by atoms with Gasteiger partial charge in [0.15, 0.2) is 0 Å². The normalized spacial score (nSPS) is 13.5. The van der Waals surface area contributed by atoms with Gasteiger partial charge in [-0.05, 0) is 242 Å². The van der Waals surface area contributed by atoms with E-state index in [2.05, 4.69) is 461 Å². The van der Waals surface area contributed by atoms with Crippen molar-refractivity contribution in [2.24, 2.45) is 0 Å². The smallest absolute Gasteiger partial charge is 0.132 e. The average molecular weight is 1760 g/mol. The molecule has 0 atom stereocenters. The Morgan fingerprint density at radius 1 is 0.206 bits per heavy atom. The van der Waals surface area contributed by atoms with E-state index in [1.54, 1.807) is 0 Å². The fourth-order valence-corrected chi connectivity index (χ4v) is 22.4. The molecule has 5 aliphatic rings. The van der Waals surface area contributed by atoms with Crippen LogP contribution in [0.15, 0.2) is 502 Å². The van der Waals surface area contributed by atoms with E-state index in [9.17, 15) is 0 Å². The zero-order valence-electron chi connectivity index (χ0n) is 74.6. The molecule has 15 aromatic carbocycles. The molecule has 644 valence electrons. The van der Waals surface area contributed by atoms with Crippen LogP contribution in [0.1, 0.15) is 69.5 Å². The third-order valence-corrected chi connectivity index (χ3v) is 28.3. The summed E-state index contributed by atoms with van der Waals surface area (Å²) in [6, 6.07) is 158. The van der Waals surface area contributed by atoms with Crippen LogP contribution in [0.2, 0.25) is 0 Å². The first kappa shape index (κ1) is 81.9. The van der Waals surface area contributed by atoms with Crippen LogP contribution in [0.4, 0.5) is 51.2 Å². The summed E-state index contributed by atoms with van der Waals surface area (Å²) in [5, 5.41) is 0. The molecule has 6 aromatic heterocycles. The number of hydrogen-bond donors (Lipinski definition) is 0. The van der Waals surface area contributed by atoms with Gasteiger partial charge < -0.3 is 19.4 Å². The zero-order chi connectivity index (χ0) is 90.7. The molecule has 11 heteroatoms. The van der Waals surface area contributed by atoms with Crippen LogP contribution in [-0.2, 0) is 16.2 Å². The van der Waals surface area contributed by atoms with Gasteiger partial charge in [-0.2, -0.15) is 0 Å². The highest BCUT2D eigenvalue weighted by Gasteiger charge is 2.53. The lowest BCUT2D eigenvalue weighted by Gasteiger charge is -2.49. The van der Waals surface area contributed by atoms with E-state index in [-0.39, 0.29) is 5.41 Å². The summed E-state index contributed by atoms with van der Waals surface area (Å²) in [6.07, 6.45) is 15.0. The molecule has 0 N–H and O–H groups in total. The number of rotatable bonds is 11. The highest BCUT2D eigenvalue weighted by molar-refractivity contribution is 7.99. The number of aromatic nitrogens is 6. The maximum absolute atomic E-state index is 6.55. The SMILES string of the molecule is CC1(C)c2ccccc2N(c2cc(-c3cccc(-c4ccccc4)n3)cc(-c3cccc(-c4ccccc4)n3)c2)c2ccccc21.c1cncc(-c2cc(-c3cccnc3)cc(N3c4ccccc4C4(c5ccccc5Sc5ccccc54)c4ccccc43)c2)c1.c1cncc(-c2cc(-c3ccncc3)cc(N3c4ccccc4C4(c5ccccc5Oc5ccccc54)c4ccccc43)c2)c1. The van der Waals surface area contributed by atoms with Gasteiger partial charge in [-0.25, -0.2) is 9.97 Å². The molecule has 21 aromatic rings. The molecule has 0 fully saturated rings. The summed E-state index contributed by atoms with van der Waals surface area (Å²) in [6.45, 7) is 4.64. The van der Waals surface area contributed by atoms with Crippen LogP contribution in [0.3, 0.4) is 0 Å². The Bertz CT molecular complexity index is 7350. The van der Waals surface area contributed by atoms with Crippen molar-refractivity contribution < 1.29 is 4.74 Å². The number of pyridine rings is 6. The summed E-state index contributed by atoms with van der Waals surface area (Å²) in [5.74, 6) is 1.76. The highest BCUT2D eigenvalue weighted by atomic mass is 32.2. The van der Waals surface area contributed by atoms with Crippen molar-refractivity contribution in [1.29, 1.82) is 0 Å². The van der Waals surface area contributed by atoms with Crippen molar-refractivity contribution in [3.63, 3.8) is 0 Å². The molecule has 0 bridgehead atoms. The third-order valence-electron chi connectivity index (χ3n) is 27.2. The third kappa shape index (κ3) is 14.1. The molecule has 0 amide bonds. The lowest BCUT2D eigenvalue weighted by atomic mass is 9.61. The average Bonchev–Trinajstić information content (AvgIpc) is 0.676. The molecule has 5 aliphatic heterocycles. The first-order valence-electron chi connectivity index (χ1n) is 46.0. The van der Waals surface area contributed by atoms with Gasteiger partial charge in [-0.1, -0.05) is 299 Å². The maximum Gasteiger partial charge on any atom is 0.132 e. The summed E-state index contributed by atoms with van der Waals surface area (Å²) in [5.41, 5.74) is 38.4. The number of benzene rings is 15. The maximum atomic E-state index is 6.55. The Kier molecular flexibility index (Phi) is 20.8. The van der Waals surface area contributed by atoms with E-state index in [1.165, 1.54) is 77.0 Å². The fourth-order valence-electron chi connectivity index (χ4n) is 21.2. The molecule has 11 heterocycles. The summed E-state index contributed by atoms with van der Waals surface area (Å²) < 4.78 is 6.55. The number of para-hydroxylation sites is 8. The number of ether oxygens (including phenoxy) is 1. The second kappa shape index (κ2) is 34.5. The van der Waals surface area contributed by atoms with Crippen LogP contribution in [-0.4, -0.2) is 29.9 Å². The zero-order valence-corrected chi connectivity index (χ0v) is 75.4. The van der Waals surface area contributed by atoms with Crippen molar-refractivity contribution in [2.45, 2.75) is 39.9 Å². The first-order chi connectivity index (χ1) is 67.2. The highest BCUT2D eigenvalue weighted by Crippen LogP contribution is 2.66. The largest absolute Gasteiger partial charge is 0.457 e. The van der Waals surface area contributed by atoms with Gasteiger partial charge in [0.2, 0.25) is 0 Å². The molecule has 26 rings (SSSR count). The summed E-state index contributed by atoms with van der Waals surface area (Å²) in [7, 11) is 0. The molecule has 0 unspecified atom stereocenters. The quantitative estimate of drug-likeness (QED) is 0.124. The van der Waals surface area contributed by atoms with E-state index < -0.39 is 10.8 Å². The van der Waals surface area contributed by atoms with Crippen molar-refractivity contribution in [3.05, 3.63) is 548 Å². The van der Waals surface area contributed by atoms with Gasteiger partial charge in [0, 0.05) is 132 Å². The van der Waals surface area contributed by atoms with Crippen molar-refractivity contribution >= 4 is 62.9 Å². The molecule has 0 radical (unpaired) electrons. The van der Waals surface area contributed by atoms with Crippen molar-refractivity contribution in [3.8, 4) is 101 Å². The Morgan fingerprint density at radius 3 is 0.853 bits per heavy atom. The van der Waals surface area contributed by atoms with Gasteiger partial charge in [-0.15, -0.1) is 0 Å². The number of nitrogens with zero attached hydrogens (tertiary/aromatic N) is 9. The minimum absolute atomic E-state index is 0.138. The molecular weight excluding hydrogens is 1680 g/mol. The molecule has 0 aliphatic carbocycles. The van der Waals surface area contributed by atoms with Crippen molar-refractivity contribution in [2.75, 3.05) is 14.7 Å². The van der Waals surface area contributed by atoms with Gasteiger partial charge in [0.1, 0.15) is 11.5 Å². The molecular formula is C125H87N9OS. The van der Waals surface area contributed by atoms with Gasteiger partial charge in [0.05, 0.1) is 67.7 Å². The van der Waals surface area contributed by atoms with Crippen LogP contribution in [0, 0.1) is 0 Å². The van der Waals surface area contributed by atoms with E-state index in [0.717, 1.165) is 141 Å². The minimum Gasteiger partial charge on any atom is -0.457 e. The summed E-state index contributed by atoms with van der Waals surface area (Å²) >= 11 is 1.87. The Balaban J connectivity index is 0.000000112. The van der Waals surface area contributed by atoms with Crippen LogP contribution in [0.5, 0.6) is 11.5 Å². The molecule has 2 spiro atoms. The standard InChI is InChI=1S/C43H33N3.C41H27N3O.C41H27N3S/c1-43(2)35-19-9-11-25-41(35)46(42-26-12-10-20-36(42)43)34-28-32(39-23-13-21-37(44-39)30-15-5-3-6-16-30)27-33(29-34)40-24-14-22-38(45-40)31-17-7-4-8-18-31;1-5-15-37-33(11-1)41(35-13-3-7-17-39(35)45-40-18-8-4-14-36(40)41)34-12-2-6-16-38(34)44(37)32-25-30(28-19-22-42-23-20-28)24-31(26-32)29-10-9-21-43-27-29;1-5-17-37-33(13-1)41(35-15-3-7-19-39(35)45-40-20-8-4-16-36(40)41)34-14-2-6-18-38(34)44(37)32-24-30(28-11-9-21-42-26-28)23-31(25-32)29-12-10-22-43-27-29/h3-29H,1-2H3;2*1-27H. The lowest BCUT2D eigenvalue weighted by Crippen LogP contribution is -2.39. The number of hydrogen-bond acceptors (Lipinski definition) is 11. The Morgan fingerprint density at radius 2 is 0.485 bits per heavy atom. The Labute approximate surface area is 795 Å². The predicted octanol–water partition coefficient (Wildman–Crippen LogP) is 31.8. The lowest BCUT2D eigenvalue weighted by molar-refractivity contribution is 0.434. The second-order valence-electron chi connectivity index (χ2n) is 35.2.